The van der Waals surface area contributed by atoms with Crippen molar-refractivity contribution in [2.45, 2.75) is 38.1 Å². The highest BCUT2D eigenvalue weighted by molar-refractivity contribution is 6.60. The van der Waals surface area contributed by atoms with E-state index in [1.54, 1.807) is 21.3 Å². The number of ether oxygens (including phenoxy) is 3. The van der Waals surface area contributed by atoms with E-state index in [0.717, 1.165) is 42.7 Å². The van der Waals surface area contributed by atoms with Gasteiger partial charge >= 0.3 is 8.80 Å². The van der Waals surface area contributed by atoms with E-state index in [2.05, 4.69) is 0 Å². The van der Waals surface area contributed by atoms with Gasteiger partial charge in [0.2, 0.25) is 5.79 Å². The topological polar surface area (TPSA) is 55.4 Å². The fraction of sp³-hybridized carbons (Fsp3) is 0.625. The Morgan fingerprint density at radius 1 is 1.09 bits per heavy atom. The molecule has 3 rings (SSSR count). The van der Waals surface area contributed by atoms with Crippen molar-refractivity contribution in [2.24, 2.45) is 0 Å². The number of hydrogen-bond donors (Lipinski definition) is 0. The minimum absolute atomic E-state index is 0.251. The van der Waals surface area contributed by atoms with Crippen molar-refractivity contribution < 1.29 is 27.5 Å². The van der Waals surface area contributed by atoms with Gasteiger partial charge in [0, 0.05) is 39.7 Å². The first kappa shape index (κ1) is 16.7. The zero-order valence-electron chi connectivity index (χ0n) is 13.9. The average Bonchev–Trinajstić information content (AvgIpc) is 3.04. The summed E-state index contributed by atoms with van der Waals surface area (Å²) in [6.07, 6.45) is 4.51. The van der Waals surface area contributed by atoms with Crippen LogP contribution in [0.2, 0.25) is 0 Å². The molecule has 0 bridgehead atoms. The van der Waals surface area contributed by atoms with Crippen molar-refractivity contribution in [2.75, 3.05) is 27.6 Å². The maximum Gasteiger partial charge on any atom is 0.539 e. The Morgan fingerprint density at radius 3 is 2.43 bits per heavy atom. The lowest BCUT2D eigenvalue weighted by Gasteiger charge is -2.35. The van der Waals surface area contributed by atoms with Crippen LogP contribution in [0.15, 0.2) is 18.2 Å². The van der Waals surface area contributed by atoms with Crippen molar-refractivity contribution in [3.63, 3.8) is 0 Å². The van der Waals surface area contributed by atoms with Crippen molar-refractivity contribution in [1.82, 2.24) is 0 Å². The molecule has 0 radical (unpaired) electrons. The standard InChI is InChI=1S/C16H24O6Si/c1-17-23(18-2,19-3)12-20-14-6-7-15-13(10-14)11-21-16(22-15)8-4-5-9-16/h6-7,10H,4-5,8-9,11-12H2,1-3H3. The smallest absolute Gasteiger partial charge is 0.489 e. The summed E-state index contributed by atoms with van der Waals surface area (Å²) in [5, 5.41) is 0. The van der Waals surface area contributed by atoms with Gasteiger partial charge in [0.05, 0.1) is 6.61 Å². The first-order chi connectivity index (χ1) is 11.1. The highest BCUT2D eigenvalue weighted by Crippen LogP contribution is 2.42. The van der Waals surface area contributed by atoms with Crippen LogP contribution in [0.3, 0.4) is 0 Å². The van der Waals surface area contributed by atoms with Gasteiger partial charge in [-0.2, -0.15) is 0 Å². The molecule has 23 heavy (non-hydrogen) atoms. The lowest BCUT2D eigenvalue weighted by atomic mass is 10.1. The molecule has 2 aliphatic rings. The van der Waals surface area contributed by atoms with Gasteiger partial charge < -0.3 is 27.5 Å². The van der Waals surface area contributed by atoms with E-state index in [1.807, 2.05) is 18.2 Å². The zero-order chi connectivity index (χ0) is 16.3. The first-order valence-corrected chi connectivity index (χ1v) is 9.82. The minimum atomic E-state index is -2.75. The molecule has 0 aromatic heterocycles. The van der Waals surface area contributed by atoms with Crippen molar-refractivity contribution in [1.29, 1.82) is 0 Å². The summed E-state index contributed by atoms with van der Waals surface area (Å²) in [6.45, 7) is 0.550. The molecular weight excluding hydrogens is 316 g/mol. The molecule has 0 saturated heterocycles. The van der Waals surface area contributed by atoms with Gasteiger partial charge in [-0.05, 0) is 31.0 Å². The van der Waals surface area contributed by atoms with Gasteiger partial charge in [-0.25, -0.2) is 0 Å². The minimum Gasteiger partial charge on any atom is -0.489 e. The maximum atomic E-state index is 6.10. The van der Waals surface area contributed by atoms with Crippen molar-refractivity contribution in [3.05, 3.63) is 23.8 Å². The number of fused-ring (bicyclic) bond motifs is 1. The van der Waals surface area contributed by atoms with Crippen LogP contribution in [0, 0.1) is 0 Å². The van der Waals surface area contributed by atoms with E-state index in [9.17, 15) is 0 Å². The molecule has 1 aliphatic carbocycles. The highest BCUT2D eigenvalue weighted by atomic mass is 28.4. The molecule has 0 atom stereocenters. The highest BCUT2D eigenvalue weighted by Gasteiger charge is 2.41. The monoisotopic (exact) mass is 340 g/mol. The van der Waals surface area contributed by atoms with Gasteiger partial charge in [0.1, 0.15) is 11.5 Å². The SMILES string of the molecule is CO[Si](COc1ccc2c(c1)COC1(CCCC1)O2)(OC)OC. The molecule has 6 nitrogen and oxygen atoms in total. The number of rotatable bonds is 6. The Labute approximate surface area is 138 Å². The van der Waals surface area contributed by atoms with Crippen LogP contribution in [-0.4, -0.2) is 42.2 Å². The van der Waals surface area contributed by atoms with E-state index in [0.29, 0.717) is 6.61 Å². The Kier molecular flexibility index (Phi) is 4.93. The maximum absolute atomic E-state index is 6.10. The first-order valence-electron chi connectivity index (χ1n) is 7.88. The fourth-order valence-corrected chi connectivity index (χ4v) is 4.25. The van der Waals surface area contributed by atoms with Crippen molar-refractivity contribution in [3.8, 4) is 11.5 Å². The molecule has 1 saturated carbocycles. The molecule has 1 spiro atoms. The molecule has 1 aromatic rings. The van der Waals surface area contributed by atoms with Gasteiger partial charge in [-0.1, -0.05) is 0 Å². The van der Waals surface area contributed by atoms with Crippen LogP contribution in [0.1, 0.15) is 31.2 Å². The zero-order valence-corrected chi connectivity index (χ0v) is 14.9. The summed E-state index contributed by atoms with van der Waals surface area (Å²) < 4.78 is 33.9. The second kappa shape index (κ2) is 6.78. The Balaban J connectivity index is 1.68. The van der Waals surface area contributed by atoms with Crippen LogP contribution in [0.25, 0.3) is 0 Å². The fourth-order valence-electron chi connectivity index (χ4n) is 3.06. The van der Waals surface area contributed by atoms with Gasteiger partial charge in [0.15, 0.2) is 6.23 Å². The quantitative estimate of drug-likeness (QED) is 0.742. The lowest BCUT2D eigenvalue weighted by molar-refractivity contribution is -0.200. The lowest BCUT2D eigenvalue weighted by Crippen LogP contribution is -2.49. The van der Waals surface area contributed by atoms with Gasteiger partial charge in [-0.15, -0.1) is 0 Å². The largest absolute Gasteiger partial charge is 0.539 e. The normalized spacial score (nSPS) is 19.4. The molecule has 0 unspecified atom stereocenters. The molecule has 7 heteroatoms. The Bertz CT molecular complexity index is 531. The molecule has 1 fully saturated rings. The van der Waals surface area contributed by atoms with Crippen LogP contribution < -0.4 is 9.47 Å². The number of hydrogen-bond acceptors (Lipinski definition) is 6. The third kappa shape index (κ3) is 3.39. The van der Waals surface area contributed by atoms with E-state index < -0.39 is 14.6 Å². The van der Waals surface area contributed by atoms with Crippen molar-refractivity contribution >= 4 is 8.80 Å². The molecule has 1 aliphatic heterocycles. The van der Waals surface area contributed by atoms with Gasteiger partial charge in [0.25, 0.3) is 0 Å². The molecular formula is C16H24O6Si. The van der Waals surface area contributed by atoms with Gasteiger partial charge in [-0.3, -0.25) is 0 Å². The van der Waals surface area contributed by atoms with E-state index in [4.69, 9.17) is 27.5 Å². The predicted molar refractivity (Wildman–Crippen MR) is 85.3 cm³/mol. The van der Waals surface area contributed by atoms with Crippen LogP contribution in [0.4, 0.5) is 0 Å². The third-order valence-corrected chi connectivity index (χ3v) is 6.90. The summed E-state index contributed by atoms with van der Waals surface area (Å²) in [5.41, 5.74) is 1.000. The van der Waals surface area contributed by atoms with E-state index in [-0.39, 0.29) is 6.23 Å². The second-order valence-corrected chi connectivity index (χ2v) is 8.74. The molecule has 0 N–H and O–H groups in total. The summed E-state index contributed by atoms with van der Waals surface area (Å²) in [4.78, 5) is 0. The van der Waals surface area contributed by atoms with Crippen LogP contribution >= 0.6 is 0 Å². The van der Waals surface area contributed by atoms with E-state index in [1.165, 1.54) is 0 Å². The third-order valence-electron chi connectivity index (χ3n) is 4.53. The van der Waals surface area contributed by atoms with Crippen LogP contribution in [0.5, 0.6) is 11.5 Å². The summed E-state index contributed by atoms with van der Waals surface area (Å²) in [6, 6.07) is 5.78. The summed E-state index contributed by atoms with van der Waals surface area (Å²) in [5.74, 6) is 1.21. The predicted octanol–water partition coefficient (Wildman–Crippen LogP) is 2.66. The summed E-state index contributed by atoms with van der Waals surface area (Å²) >= 11 is 0. The Hall–Kier alpha value is -1.12. The van der Waals surface area contributed by atoms with E-state index >= 15 is 0 Å². The molecule has 1 heterocycles. The average molecular weight is 340 g/mol. The second-order valence-electron chi connectivity index (χ2n) is 5.86. The Morgan fingerprint density at radius 2 is 1.78 bits per heavy atom. The molecule has 128 valence electrons. The number of benzene rings is 1. The summed E-state index contributed by atoms with van der Waals surface area (Å²) in [7, 11) is 1.96. The molecule has 1 aromatic carbocycles. The van der Waals surface area contributed by atoms with Crippen LogP contribution in [-0.2, 0) is 24.6 Å². The molecule has 0 amide bonds.